The minimum absolute atomic E-state index is 0.143. The predicted molar refractivity (Wildman–Crippen MR) is 197 cm³/mol. The molecule has 2 aliphatic rings. The van der Waals surface area contributed by atoms with Crippen molar-refractivity contribution >= 4 is 11.9 Å². The van der Waals surface area contributed by atoms with Gasteiger partial charge in [0.15, 0.2) is 18.7 Å². The number of aliphatic hydroxyl groups excluding tert-OH is 7. The summed E-state index contributed by atoms with van der Waals surface area (Å²) in [6, 6.07) is 0. The van der Waals surface area contributed by atoms with Crippen molar-refractivity contribution in [2.75, 3.05) is 26.4 Å². The van der Waals surface area contributed by atoms with Gasteiger partial charge in [-0.15, -0.1) is 6.58 Å². The Balaban J connectivity index is 1.89. The number of hydrogen-bond donors (Lipinski definition) is 7. The maximum atomic E-state index is 12.8. The van der Waals surface area contributed by atoms with Crippen LogP contribution < -0.4 is 0 Å². The first-order valence-corrected chi connectivity index (χ1v) is 19.5. The number of allylic oxidation sites excluding steroid dienone is 5. The van der Waals surface area contributed by atoms with Gasteiger partial charge in [0.1, 0.15) is 55.4 Å². The third-order valence-electron chi connectivity index (χ3n) is 9.26. The molecule has 0 amide bonds. The maximum absolute atomic E-state index is 12.8. The Labute approximate surface area is 319 Å². The van der Waals surface area contributed by atoms with E-state index in [0.29, 0.717) is 12.8 Å². The zero-order chi connectivity index (χ0) is 39.7. The second kappa shape index (κ2) is 28.2. The Morgan fingerprint density at radius 3 is 1.87 bits per heavy atom. The van der Waals surface area contributed by atoms with Crippen LogP contribution in [0.25, 0.3) is 0 Å². The Morgan fingerprint density at radius 1 is 0.648 bits per heavy atom. The fourth-order valence-electron chi connectivity index (χ4n) is 5.92. The highest BCUT2D eigenvalue weighted by molar-refractivity contribution is 5.70. The molecule has 0 aromatic heterocycles. The van der Waals surface area contributed by atoms with Crippen LogP contribution in [-0.4, -0.2) is 142 Å². The van der Waals surface area contributed by atoms with Gasteiger partial charge in [0.2, 0.25) is 0 Å². The van der Waals surface area contributed by atoms with E-state index in [1.54, 1.807) is 0 Å². The van der Waals surface area contributed by atoms with E-state index in [2.05, 4.69) is 37.8 Å². The Bertz CT molecular complexity index is 1080. The normalized spacial score (nSPS) is 29.4. The number of hydrogen-bond acceptors (Lipinski definition) is 15. The van der Waals surface area contributed by atoms with Crippen LogP contribution in [0.3, 0.4) is 0 Å². The smallest absolute Gasteiger partial charge is 0.306 e. The molecule has 312 valence electrons. The molecule has 11 atom stereocenters. The number of rotatable bonds is 28. The van der Waals surface area contributed by atoms with E-state index < -0.39 is 99.3 Å². The monoisotopic (exact) mass is 774 g/mol. The molecule has 2 saturated heterocycles. The lowest BCUT2D eigenvalue weighted by Crippen LogP contribution is -2.61. The number of carbonyl (C=O) groups is 2. The van der Waals surface area contributed by atoms with Crippen LogP contribution in [0, 0.1) is 0 Å². The number of aliphatic hydroxyl groups is 7. The van der Waals surface area contributed by atoms with Gasteiger partial charge < -0.3 is 64.2 Å². The lowest BCUT2D eigenvalue weighted by molar-refractivity contribution is -0.332. The summed E-state index contributed by atoms with van der Waals surface area (Å²) >= 11 is 0. The zero-order valence-corrected chi connectivity index (χ0v) is 31.8. The molecule has 0 saturated carbocycles. The van der Waals surface area contributed by atoms with E-state index in [-0.39, 0.29) is 19.4 Å². The minimum atomic E-state index is -1.76. The molecule has 0 aliphatic carbocycles. The van der Waals surface area contributed by atoms with Crippen LogP contribution in [0.4, 0.5) is 0 Å². The highest BCUT2D eigenvalue weighted by Gasteiger charge is 2.47. The molecule has 0 aromatic carbocycles. The first-order chi connectivity index (χ1) is 26.0. The Hall–Kier alpha value is -2.28. The largest absolute Gasteiger partial charge is 0.462 e. The summed E-state index contributed by atoms with van der Waals surface area (Å²) in [6.45, 7) is 3.87. The molecule has 2 heterocycles. The molecular weight excluding hydrogens is 708 g/mol. The van der Waals surface area contributed by atoms with Crippen molar-refractivity contribution in [3.05, 3.63) is 37.0 Å². The highest BCUT2D eigenvalue weighted by Crippen LogP contribution is 2.26. The average molecular weight is 775 g/mol. The molecule has 0 spiro atoms. The molecule has 2 rings (SSSR count). The molecule has 0 bridgehead atoms. The molecule has 2 fully saturated rings. The first-order valence-electron chi connectivity index (χ1n) is 19.5. The number of unbranched alkanes of at least 4 members (excludes halogenated alkanes) is 9. The standard InChI is InChI=1S/C39H66O15/c1-3-5-7-9-10-11-12-13-14-15-16-18-20-22-31(42)52-27(24-49-30(41)21-19-17-8-6-4-2)25-50-38-37(48)35(46)33(44)29(54-38)26-51-39-36(47)34(45)32(43)28(23-40)53-39/h3,7,9,11-12,27-29,32-40,43-48H,1,4-6,8,10,13-26H2,2H3/b9-7-,12-11+/t27-,28-,29-,32+,33+,34+,35+,36-,37-,38-,39+/m1/s1. The van der Waals surface area contributed by atoms with Gasteiger partial charge in [0, 0.05) is 12.8 Å². The number of carbonyl (C=O) groups excluding carboxylic acids is 2. The fraction of sp³-hybridized carbons (Fsp3) is 0.795. The molecule has 15 nitrogen and oxygen atoms in total. The van der Waals surface area contributed by atoms with Gasteiger partial charge in [-0.2, -0.15) is 0 Å². The summed E-state index contributed by atoms with van der Waals surface area (Å²) in [4.78, 5) is 25.2. The van der Waals surface area contributed by atoms with Gasteiger partial charge in [-0.05, 0) is 38.5 Å². The van der Waals surface area contributed by atoms with E-state index in [4.69, 9.17) is 28.4 Å². The van der Waals surface area contributed by atoms with Crippen molar-refractivity contribution in [3.63, 3.8) is 0 Å². The van der Waals surface area contributed by atoms with Crippen molar-refractivity contribution in [1.82, 2.24) is 0 Å². The van der Waals surface area contributed by atoms with E-state index in [0.717, 1.165) is 70.6 Å². The number of esters is 2. The van der Waals surface area contributed by atoms with Gasteiger partial charge in [0.05, 0.1) is 19.8 Å². The molecule has 7 N–H and O–H groups in total. The number of ether oxygens (including phenoxy) is 6. The van der Waals surface area contributed by atoms with Crippen LogP contribution >= 0.6 is 0 Å². The van der Waals surface area contributed by atoms with Crippen molar-refractivity contribution in [2.24, 2.45) is 0 Å². The second-order valence-electron chi connectivity index (χ2n) is 13.8. The van der Waals surface area contributed by atoms with Crippen molar-refractivity contribution in [1.29, 1.82) is 0 Å². The topological polar surface area (TPSA) is 231 Å². The summed E-state index contributed by atoms with van der Waals surface area (Å²) in [5, 5.41) is 71.4. The van der Waals surface area contributed by atoms with Crippen molar-refractivity contribution in [3.8, 4) is 0 Å². The molecule has 54 heavy (non-hydrogen) atoms. The van der Waals surface area contributed by atoms with Gasteiger partial charge in [-0.1, -0.05) is 82.2 Å². The molecule has 0 aromatic rings. The quantitative estimate of drug-likeness (QED) is 0.0344. The molecule has 15 heteroatoms. The fourth-order valence-corrected chi connectivity index (χ4v) is 5.92. The summed E-state index contributed by atoms with van der Waals surface area (Å²) in [6.07, 6.45) is 5.82. The lowest BCUT2D eigenvalue weighted by atomic mass is 9.98. The van der Waals surface area contributed by atoms with Gasteiger partial charge in [0.25, 0.3) is 0 Å². The van der Waals surface area contributed by atoms with Gasteiger partial charge in [-0.25, -0.2) is 0 Å². The molecule has 0 radical (unpaired) electrons. The third kappa shape index (κ3) is 18.1. The summed E-state index contributed by atoms with van der Waals surface area (Å²) in [7, 11) is 0. The summed E-state index contributed by atoms with van der Waals surface area (Å²) < 4.78 is 33.1. The zero-order valence-electron chi connectivity index (χ0n) is 31.8. The lowest BCUT2D eigenvalue weighted by Gasteiger charge is -2.42. The summed E-state index contributed by atoms with van der Waals surface area (Å²) in [5.74, 6) is -0.970. The molecular formula is C39H66O15. The third-order valence-corrected chi connectivity index (χ3v) is 9.26. The average Bonchev–Trinajstić information content (AvgIpc) is 3.16. The Kier molecular flexibility index (Phi) is 25.0. The predicted octanol–water partition coefficient (Wildman–Crippen LogP) is 2.25. The minimum Gasteiger partial charge on any atom is -0.462 e. The second-order valence-corrected chi connectivity index (χ2v) is 13.8. The van der Waals surface area contributed by atoms with Gasteiger partial charge >= 0.3 is 11.9 Å². The van der Waals surface area contributed by atoms with Crippen molar-refractivity contribution < 1.29 is 73.8 Å². The van der Waals surface area contributed by atoms with E-state index in [9.17, 15) is 45.3 Å². The van der Waals surface area contributed by atoms with Crippen LogP contribution in [-0.2, 0) is 38.0 Å². The first kappa shape index (κ1) is 47.9. The van der Waals surface area contributed by atoms with Crippen LogP contribution in [0.15, 0.2) is 37.0 Å². The van der Waals surface area contributed by atoms with E-state index in [1.807, 2.05) is 6.08 Å². The Morgan fingerprint density at radius 2 is 1.20 bits per heavy atom. The van der Waals surface area contributed by atoms with Crippen LogP contribution in [0.5, 0.6) is 0 Å². The van der Waals surface area contributed by atoms with E-state index >= 15 is 0 Å². The van der Waals surface area contributed by atoms with Crippen LogP contribution in [0.2, 0.25) is 0 Å². The molecule has 2 aliphatic heterocycles. The highest BCUT2D eigenvalue weighted by atomic mass is 16.7. The van der Waals surface area contributed by atoms with E-state index in [1.165, 1.54) is 0 Å². The molecule has 0 unspecified atom stereocenters. The van der Waals surface area contributed by atoms with Crippen LogP contribution in [0.1, 0.15) is 103 Å². The van der Waals surface area contributed by atoms with Gasteiger partial charge in [-0.3, -0.25) is 9.59 Å². The maximum Gasteiger partial charge on any atom is 0.306 e. The van der Waals surface area contributed by atoms with Crippen molar-refractivity contribution in [2.45, 2.75) is 171 Å². The SMILES string of the molecule is C=CC/C=C\C/C=C/CCCCCCCC(=O)O[C@H](COC(=O)CCCCCCC)CO[C@@H]1O[C@H](CO[C@H]2O[C@H](CO)[C@H](O)[C@H](O)[C@H]2O)[C@H](O)[C@H](O)[C@H]1O. The summed E-state index contributed by atoms with van der Waals surface area (Å²) in [5.41, 5.74) is 0.